The van der Waals surface area contributed by atoms with Crippen LogP contribution in [0.15, 0.2) is 22.8 Å². The number of rotatable bonds is 4. The topological polar surface area (TPSA) is 86.6 Å². The normalized spacial score (nSPS) is 19.6. The highest BCUT2D eigenvalue weighted by molar-refractivity contribution is 5.95. The van der Waals surface area contributed by atoms with Gasteiger partial charge in [0.25, 0.3) is 0 Å². The molecule has 1 aromatic rings. The maximum Gasteiger partial charge on any atom is 0.321 e. The lowest BCUT2D eigenvalue weighted by atomic mass is 10.2. The Morgan fingerprint density at radius 1 is 1.55 bits per heavy atom. The van der Waals surface area contributed by atoms with Gasteiger partial charge in [-0.25, -0.2) is 4.79 Å². The fraction of sp³-hybridized carbons (Fsp3) is 0.538. The Kier molecular flexibility index (Phi) is 5.14. The van der Waals surface area contributed by atoms with Crippen LogP contribution in [0.3, 0.4) is 0 Å². The Hall–Kier alpha value is -1.86. The predicted molar refractivity (Wildman–Crippen MR) is 73.0 cm³/mol. The fourth-order valence-electron chi connectivity index (χ4n) is 2.09. The van der Waals surface area contributed by atoms with Crippen molar-refractivity contribution in [2.24, 2.45) is 0 Å². The number of urea groups is 1. The van der Waals surface area contributed by atoms with Crippen LogP contribution < -0.4 is 16.0 Å². The molecule has 0 spiro atoms. The van der Waals surface area contributed by atoms with Crippen molar-refractivity contribution in [3.8, 4) is 0 Å². The molecule has 1 saturated heterocycles. The Bertz CT molecular complexity index is 446. The van der Waals surface area contributed by atoms with Crippen LogP contribution in [-0.4, -0.2) is 49.1 Å². The average Bonchev–Trinajstić information content (AvgIpc) is 2.92. The van der Waals surface area contributed by atoms with Gasteiger partial charge in [0.1, 0.15) is 5.76 Å². The van der Waals surface area contributed by atoms with E-state index in [-0.39, 0.29) is 19.0 Å². The van der Waals surface area contributed by atoms with Crippen molar-refractivity contribution in [3.05, 3.63) is 24.2 Å². The first kappa shape index (κ1) is 14.5. The lowest BCUT2D eigenvalue weighted by Gasteiger charge is -2.33. The first-order valence-electron chi connectivity index (χ1n) is 6.70. The molecule has 0 bridgehead atoms. The molecule has 0 aliphatic carbocycles. The number of carbonyl (C=O) groups excluding carboxylic acids is 2. The van der Waals surface area contributed by atoms with Gasteiger partial charge in [-0.1, -0.05) is 0 Å². The van der Waals surface area contributed by atoms with E-state index in [1.807, 2.05) is 4.90 Å². The molecule has 1 aromatic heterocycles. The summed E-state index contributed by atoms with van der Waals surface area (Å²) < 4.78 is 5.08. The minimum atomic E-state index is -0.505. The monoisotopic (exact) mass is 280 g/mol. The third-order valence-electron chi connectivity index (χ3n) is 3.24. The van der Waals surface area contributed by atoms with Gasteiger partial charge in [-0.05, 0) is 19.1 Å². The van der Waals surface area contributed by atoms with Crippen LogP contribution in [-0.2, 0) is 11.3 Å². The average molecular weight is 280 g/mol. The highest BCUT2D eigenvalue weighted by Gasteiger charge is 2.20. The molecule has 0 unspecified atom stereocenters. The van der Waals surface area contributed by atoms with E-state index in [2.05, 4.69) is 22.9 Å². The van der Waals surface area contributed by atoms with Crippen LogP contribution in [0.1, 0.15) is 12.7 Å². The molecule has 2 heterocycles. The maximum atomic E-state index is 11.8. The van der Waals surface area contributed by atoms with E-state index in [0.29, 0.717) is 11.8 Å². The van der Waals surface area contributed by atoms with E-state index in [4.69, 9.17) is 4.42 Å². The van der Waals surface area contributed by atoms with Crippen LogP contribution in [0.4, 0.5) is 4.79 Å². The number of nitrogens with zero attached hydrogens (tertiary/aromatic N) is 1. The molecular weight excluding hydrogens is 260 g/mol. The Labute approximate surface area is 117 Å². The van der Waals surface area contributed by atoms with Crippen LogP contribution in [0.25, 0.3) is 0 Å². The SMILES string of the molecule is C[C@@H]1CNCCN1CC(=O)NC(=O)NCc1ccco1. The molecule has 3 amide bonds. The number of hydrogen-bond donors (Lipinski definition) is 3. The van der Waals surface area contributed by atoms with E-state index in [0.717, 1.165) is 19.6 Å². The summed E-state index contributed by atoms with van der Waals surface area (Å²) in [5.41, 5.74) is 0. The zero-order chi connectivity index (χ0) is 14.4. The molecule has 3 N–H and O–H groups in total. The zero-order valence-corrected chi connectivity index (χ0v) is 11.5. The van der Waals surface area contributed by atoms with Gasteiger partial charge >= 0.3 is 6.03 Å². The van der Waals surface area contributed by atoms with E-state index >= 15 is 0 Å². The Morgan fingerprint density at radius 3 is 3.10 bits per heavy atom. The van der Waals surface area contributed by atoms with Crippen molar-refractivity contribution in [2.45, 2.75) is 19.5 Å². The number of imide groups is 1. The van der Waals surface area contributed by atoms with Crippen molar-refractivity contribution in [1.29, 1.82) is 0 Å². The Balaban J connectivity index is 1.69. The lowest BCUT2D eigenvalue weighted by molar-refractivity contribution is -0.121. The van der Waals surface area contributed by atoms with Crippen molar-refractivity contribution >= 4 is 11.9 Å². The molecular formula is C13H20N4O3. The number of piperazine rings is 1. The van der Waals surface area contributed by atoms with E-state index in [1.54, 1.807) is 12.1 Å². The van der Waals surface area contributed by atoms with Gasteiger partial charge in [-0.3, -0.25) is 15.0 Å². The first-order chi connectivity index (χ1) is 9.65. The van der Waals surface area contributed by atoms with Crippen LogP contribution in [0.5, 0.6) is 0 Å². The highest BCUT2D eigenvalue weighted by atomic mass is 16.3. The molecule has 2 rings (SSSR count). The summed E-state index contributed by atoms with van der Waals surface area (Å²) in [7, 11) is 0. The molecule has 110 valence electrons. The van der Waals surface area contributed by atoms with Gasteiger partial charge in [0.15, 0.2) is 0 Å². The highest BCUT2D eigenvalue weighted by Crippen LogP contribution is 2.01. The van der Waals surface area contributed by atoms with E-state index in [1.165, 1.54) is 6.26 Å². The number of carbonyl (C=O) groups is 2. The number of amides is 3. The van der Waals surface area contributed by atoms with Crippen LogP contribution in [0.2, 0.25) is 0 Å². The summed E-state index contributed by atoms with van der Waals surface area (Å²) in [5.74, 6) is 0.346. The summed E-state index contributed by atoms with van der Waals surface area (Å²) in [6.45, 7) is 5.08. The van der Waals surface area contributed by atoms with E-state index in [9.17, 15) is 9.59 Å². The lowest BCUT2D eigenvalue weighted by Crippen LogP contribution is -2.53. The van der Waals surface area contributed by atoms with Crippen LogP contribution in [0, 0.1) is 0 Å². The molecule has 20 heavy (non-hydrogen) atoms. The van der Waals surface area contributed by atoms with Gasteiger partial charge in [0.05, 0.1) is 19.4 Å². The summed E-state index contributed by atoms with van der Waals surface area (Å²) in [6.07, 6.45) is 1.53. The second kappa shape index (κ2) is 7.06. The quantitative estimate of drug-likeness (QED) is 0.717. The number of nitrogens with one attached hydrogen (secondary N) is 3. The third-order valence-corrected chi connectivity index (χ3v) is 3.24. The standard InChI is InChI=1S/C13H20N4O3/c1-10-7-14-4-5-17(10)9-12(18)16-13(19)15-8-11-3-2-6-20-11/h2-3,6,10,14H,4-5,7-9H2,1H3,(H2,15,16,18,19)/t10-/m1/s1. The third kappa shape index (κ3) is 4.36. The van der Waals surface area contributed by atoms with E-state index < -0.39 is 6.03 Å². The predicted octanol–water partition coefficient (Wildman–Crippen LogP) is -0.101. The van der Waals surface area contributed by atoms with Crippen LogP contribution >= 0.6 is 0 Å². The smallest absolute Gasteiger partial charge is 0.321 e. The van der Waals surface area contributed by atoms with Gasteiger partial charge < -0.3 is 15.1 Å². The molecule has 0 aromatic carbocycles. The fourth-order valence-corrected chi connectivity index (χ4v) is 2.09. The molecule has 1 atom stereocenters. The second-order valence-electron chi connectivity index (χ2n) is 4.83. The minimum Gasteiger partial charge on any atom is -0.467 e. The first-order valence-corrected chi connectivity index (χ1v) is 6.70. The molecule has 7 heteroatoms. The largest absolute Gasteiger partial charge is 0.467 e. The summed E-state index contributed by atoms with van der Waals surface area (Å²) in [6, 6.07) is 3.28. The van der Waals surface area contributed by atoms with Crippen molar-refractivity contribution < 1.29 is 14.0 Å². The van der Waals surface area contributed by atoms with Gasteiger partial charge in [-0.2, -0.15) is 0 Å². The zero-order valence-electron chi connectivity index (χ0n) is 11.5. The summed E-state index contributed by atoms with van der Waals surface area (Å²) in [4.78, 5) is 25.4. The molecule has 0 saturated carbocycles. The van der Waals surface area contributed by atoms with Gasteiger partial charge in [-0.15, -0.1) is 0 Å². The van der Waals surface area contributed by atoms with Crippen molar-refractivity contribution in [1.82, 2.24) is 20.9 Å². The van der Waals surface area contributed by atoms with Crippen molar-refractivity contribution in [2.75, 3.05) is 26.2 Å². The summed E-state index contributed by atoms with van der Waals surface area (Å²) in [5, 5.41) is 8.14. The maximum absolute atomic E-state index is 11.8. The molecule has 7 nitrogen and oxygen atoms in total. The van der Waals surface area contributed by atoms with Gasteiger partial charge in [0, 0.05) is 25.7 Å². The van der Waals surface area contributed by atoms with Crippen molar-refractivity contribution in [3.63, 3.8) is 0 Å². The second-order valence-corrected chi connectivity index (χ2v) is 4.83. The molecule has 0 radical (unpaired) electrons. The number of hydrogen-bond acceptors (Lipinski definition) is 5. The molecule has 1 fully saturated rings. The van der Waals surface area contributed by atoms with Gasteiger partial charge in [0.2, 0.25) is 5.91 Å². The number of furan rings is 1. The Morgan fingerprint density at radius 2 is 2.40 bits per heavy atom. The molecule has 1 aliphatic heterocycles. The summed E-state index contributed by atoms with van der Waals surface area (Å²) >= 11 is 0. The molecule has 1 aliphatic rings. The minimum absolute atomic E-state index is 0.233.